The van der Waals surface area contributed by atoms with E-state index >= 15 is 0 Å². The summed E-state index contributed by atoms with van der Waals surface area (Å²) in [6.45, 7) is 3.23. The molecule has 5 nitrogen and oxygen atoms in total. The first-order valence-corrected chi connectivity index (χ1v) is 7.46. The van der Waals surface area contributed by atoms with E-state index in [4.69, 9.17) is 10.8 Å². The number of anilines is 1. The van der Waals surface area contributed by atoms with E-state index < -0.39 is 0 Å². The molecule has 0 saturated carbocycles. The lowest BCUT2D eigenvalue weighted by atomic mass is 10.0. The smallest absolute Gasteiger partial charge is 0.145 e. The van der Waals surface area contributed by atoms with Crippen molar-refractivity contribution in [1.82, 2.24) is 14.7 Å². The van der Waals surface area contributed by atoms with E-state index in [2.05, 4.69) is 22.1 Å². The fourth-order valence-electron chi connectivity index (χ4n) is 2.91. The number of nitrogens with zero attached hydrogens (tertiary/aromatic N) is 3. The summed E-state index contributed by atoms with van der Waals surface area (Å²) in [5.74, 6) is 0.599. The van der Waals surface area contributed by atoms with Crippen LogP contribution in [0.15, 0.2) is 36.5 Å². The first-order valence-electron chi connectivity index (χ1n) is 7.46. The number of hydrogen-bond acceptors (Lipinski definition) is 4. The van der Waals surface area contributed by atoms with Gasteiger partial charge in [-0.15, -0.1) is 0 Å². The van der Waals surface area contributed by atoms with Crippen LogP contribution in [0, 0.1) is 0 Å². The standard InChI is InChI=1S/C16H22N4O/c17-16-7-10-20(18-16)15-5-8-19(9-6-15)11-13-1-3-14(12-21)4-2-13/h1-4,7,10,15,21H,5-6,8-9,11-12H2,(H2,17,18). The number of nitrogens with two attached hydrogens (primary N) is 1. The molecule has 0 bridgehead atoms. The van der Waals surface area contributed by atoms with Crippen LogP contribution >= 0.6 is 0 Å². The van der Waals surface area contributed by atoms with Gasteiger partial charge in [0.15, 0.2) is 0 Å². The monoisotopic (exact) mass is 286 g/mol. The van der Waals surface area contributed by atoms with Gasteiger partial charge in [-0.1, -0.05) is 24.3 Å². The summed E-state index contributed by atoms with van der Waals surface area (Å²) in [5, 5.41) is 13.4. The second kappa shape index (κ2) is 6.28. The third kappa shape index (κ3) is 3.43. The van der Waals surface area contributed by atoms with Crippen molar-refractivity contribution in [1.29, 1.82) is 0 Å². The van der Waals surface area contributed by atoms with Gasteiger partial charge in [0, 0.05) is 25.8 Å². The van der Waals surface area contributed by atoms with E-state index in [-0.39, 0.29) is 6.61 Å². The second-order valence-electron chi connectivity index (χ2n) is 5.70. The van der Waals surface area contributed by atoms with Gasteiger partial charge >= 0.3 is 0 Å². The molecule has 112 valence electrons. The number of aromatic nitrogens is 2. The number of likely N-dealkylation sites (tertiary alicyclic amines) is 1. The Labute approximate surface area is 125 Å². The van der Waals surface area contributed by atoms with Crippen LogP contribution in [0.4, 0.5) is 5.82 Å². The first kappa shape index (κ1) is 14.1. The molecule has 1 aromatic heterocycles. The number of benzene rings is 1. The molecule has 3 rings (SSSR count). The van der Waals surface area contributed by atoms with Crippen molar-refractivity contribution >= 4 is 5.82 Å². The highest BCUT2D eigenvalue weighted by Crippen LogP contribution is 2.23. The minimum atomic E-state index is 0.110. The highest BCUT2D eigenvalue weighted by Gasteiger charge is 2.20. The van der Waals surface area contributed by atoms with E-state index in [0.29, 0.717) is 11.9 Å². The molecule has 5 heteroatoms. The van der Waals surface area contributed by atoms with Crippen LogP contribution in [0.25, 0.3) is 0 Å². The van der Waals surface area contributed by atoms with Crippen molar-refractivity contribution in [2.75, 3.05) is 18.8 Å². The summed E-state index contributed by atoms with van der Waals surface area (Å²) in [4.78, 5) is 2.47. The molecule has 3 N–H and O–H groups in total. The summed E-state index contributed by atoms with van der Waals surface area (Å²) in [6, 6.07) is 10.5. The zero-order chi connectivity index (χ0) is 14.7. The summed E-state index contributed by atoms with van der Waals surface area (Å²) >= 11 is 0. The van der Waals surface area contributed by atoms with Gasteiger partial charge in [-0.2, -0.15) is 5.10 Å². The van der Waals surface area contributed by atoms with E-state index in [1.54, 1.807) is 0 Å². The Hall–Kier alpha value is -1.85. The molecule has 0 radical (unpaired) electrons. The summed E-state index contributed by atoms with van der Waals surface area (Å²) in [5.41, 5.74) is 7.94. The Morgan fingerprint density at radius 1 is 1.10 bits per heavy atom. The van der Waals surface area contributed by atoms with Gasteiger partial charge in [-0.05, 0) is 30.0 Å². The lowest BCUT2D eigenvalue weighted by molar-refractivity contribution is 0.173. The van der Waals surface area contributed by atoms with Crippen molar-refractivity contribution in [3.63, 3.8) is 0 Å². The van der Waals surface area contributed by atoms with Crippen molar-refractivity contribution in [3.8, 4) is 0 Å². The maximum atomic E-state index is 9.06. The van der Waals surface area contributed by atoms with E-state index in [1.807, 2.05) is 29.1 Å². The minimum Gasteiger partial charge on any atom is -0.392 e. The van der Waals surface area contributed by atoms with Crippen LogP contribution in [0.1, 0.15) is 30.0 Å². The molecule has 1 aromatic carbocycles. The van der Waals surface area contributed by atoms with Crippen molar-refractivity contribution in [3.05, 3.63) is 47.7 Å². The number of hydrogen-bond donors (Lipinski definition) is 2. The van der Waals surface area contributed by atoms with Crippen molar-refractivity contribution in [2.45, 2.75) is 32.0 Å². The van der Waals surface area contributed by atoms with Gasteiger partial charge in [0.05, 0.1) is 12.6 Å². The zero-order valence-electron chi connectivity index (χ0n) is 12.2. The highest BCUT2D eigenvalue weighted by atomic mass is 16.3. The lowest BCUT2D eigenvalue weighted by Gasteiger charge is -2.32. The molecule has 0 atom stereocenters. The average Bonchev–Trinajstić information content (AvgIpc) is 2.95. The number of piperidine rings is 1. The van der Waals surface area contributed by atoms with Crippen LogP contribution in [-0.2, 0) is 13.2 Å². The van der Waals surface area contributed by atoms with E-state index in [9.17, 15) is 0 Å². The molecule has 0 spiro atoms. The largest absolute Gasteiger partial charge is 0.392 e. The minimum absolute atomic E-state index is 0.110. The lowest BCUT2D eigenvalue weighted by Crippen LogP contribution is -2.34. The van der Waals surface area contributed by atoms with Crippen LogP contribution in [0.2, 0.25) is 0 Å². The molecule has 0 aliphatic carbocycles. The molecular weight excluding hydrogens is 264 g/mol. The maximum absolute atomic E-state index is 9.06. The summed E-state index contributed by atoms with van der Waals surface area (Å²) in [6.07, 6.45) is 4.19. The summed E-state index contributed by atoms with van der Waals surface area (Å²) < 4.78 is 2.00. The van der Waals surface area contributed by atoms with E-state index in [0.717, 1.165) is 38.0 Å². The molecule has 2 heterocycles. The molecule has 21 heavy (non-hydrogen) atoms. The van der Waals surface area contributed by atoms with Crippen molar-refractivity contribution in [2.24, 2.45) is 0 Å². The number of aliphatic hydroxyl groups excluding tert-OH is 1. The number of rotatable bonds is 4. The van der Waals surface area contributed by atoms with Gasteiger partial charge in [0.1, 0.15) is 5.82 Å². The Morgan fingerprint density at radius 2 is 1.76 bits per heavy atom. The maximum Gasteiger partial charge on any atom is 0.145 e. The van der Waals surface area contributed by atoms with E-state index in [1.165, 1.54) is 5.56 Å². The van der Waals surface area contributed by atoms with Crippen LogP contribution < -0.4 is 5.73 Å². The SMILES string of the molecule is Nc1ccn(C2CCN(Cc3ccc(CO)cc3)CC2)n1. The fraction of sp³-hybridized carbons (Fsp3) is 0.438. The van der Waals surface area contributed by atoms with Gasteiger partial charge < -0.3 is 10.8 Å². The van der Waals surface area contributed by atoms with Crippen LogP contribution in [0.5, 0.6) is 0 Å². The third-order valence-corrected chi connectivity index (χ3v) is 4.17. The van der Waals surface area contributed by atoms with Crippen molar-refractivity contribution < 1.29 is 5.11 Å². The molecule has 0 unspecified atom stereocenters. The van der Waals surface area contributed by atoms with Gasteiger partial charge in [0.25, 0.3) is 0 Å². The average molecular weight is 286 g/mol. The predicted octanol–water partition coefficient (Wildman–Crippen LogP) is 1.79. The Bertz CT molecular complexity index is 570. The Morgan fingerprint density at radius 3 is 2.33 bits per heavy atom. The quantitative estimate of drug-likeness (QED) is 0.899. The Kier molecular flexibility index (Phi) is 4.22. The number of aliphatic hydroxyl groups is 1. The second-order valence-corrected chi connectivity index (χ2v) is 5.70. The molecule has 2 aromatic rings. The molecule has 0 amide bonds. The normalized spacial score (nSPS) is 17.2. The zero-order valence-corrected chi connectivity index (χ0v) is 12.2. The third-order valence-electron chi connectivity index (χ3n) is 4.17. The fourth-order valence-corrected chi connectivity index (χ4v) is 2.91. The number of nitrogen functional groups attached to an aromatic ring is 1. The van der Waals surface area contributed by atoms with Crippen LogP contribution in [0.3, 0.4) is 0 Å². The highest BCUT2D eigenvalue weighted by molar-refractivity contribution is 5.24. The first-order chi connectivity index (χ1) is 10.2. The molecule has 1 aliphatic heterocycles. The molecule has 1 fully saturated rings. The van der Waals surface area contributed by atoms with Gasteiger partial charge in [-0.25, -0.2) is 0 Å². The molecular formula is C16H22N4O. The Balaban J connectivity index is 1.53. The van der Waals surface area contributed by atoms with Crippen LogP contribution in [-0.4, -0.2) is 32.9 Å². The van der Waals surface area contributed by atoms with Gasteiger partial charge in [-0.3, -0.25) is 9.58 Å². The topological polar surface area (TPSA) is 67.3 Å². The van der Waals surface area contributed by atoms with Gasteiger partial charge in [0.2, 0.25) is 0 Å². The molecule has 1 saturated heterocycles. The summed E-state index contributed by atoms with van der Waals surface area (Å²) in [7, 11) is 0. The molecule has 1 aliphatic rings. The predicted molar refractivity (Wildman–Crippen MR) is 82.6 cm³/mol.